The fourth-order valence-electron chi connectivity index (χ4n) is 2.91. The third kappa shape index (κ3) is 3.02. The van der Waals surface area contributed by atoms with Crippen LogP contribution >= 0.6 is 11.3 Å². The molecular formula is C18H21NO2S. The van der Waals surface area contributed by atoms with Crippen molar-refractivity contribution in [3.63, 3.8) is 0 Å². The molecule has 3 nitrogen and oxygen atoms in total. The van der Waals surface area contributed by atoms with Crippen LogP contribution in [0, 0.1) is 5.92 Å². The number of nitrogens with one attached hydrogen (secondary N) is 1. The lowest BCUT2D eigenvalue weighted by Crippen LogP contribution is -2.17. The summed E-state index contributed by atoms with van der Waals surface area (Å²) in [5.74, 6) is 1.41. The molecule has 1 heterocycles. The van der Waals surface area contributed by atoms with Crippen molar-refractivity contribution in [2.24, 2.45) is 5.92 Å². The zero-order valence-electron chi connectivity index (χ0n) is 13.0. The maximum atomic E-state index is 12.6. The van der Waals surface area contributed by atoms with Gasteiger partial charge in [0.1, 0.15) is 5.75 Å². The summed E-state index contributed by atoms with van der Waals surface area (Å²) in [6, 6.07) is 7.57. The van der Waals surface area contributed by atoms with Gasteiger partial charge in [-0.05, 0) is 49.8 Å². The number of carbonyl (C=O) groups excluding carboxylic acids is 1. The molecule has 0 saturated carbocycles. The highest BCUT2D eigenvalue weighted by atomic mass is 32.1. The molecule has 0 fully saturated rings. The number of carbonyl (C=O) groups is 1. The van der Waals surface area contributed by atoms with Crippen molar-refractivity contribution in [3.8, 4) is 5.75 Å². The van der Waals surface area contributed by atoms with Gasteiger partial charge >= 0.3 is 0 Å². The minimum absolute atomic E-state index is 0.0285. The Balaban J connectivity index is 1.81. The van der Waals surface area contributed by atoms with Gasteiger partial charge in [-0.25, -0.2) is 0 Å². The number of para-hydroxylation sites is 2. The molecule has 1 aromatic heterocycles. The minimum Gasteiger partial charge on any atom is -0.492 e. The fourth-order valence-corrected chi connectivity index (χ4v) is 4.15. The number of hydrogen-bond acceptors (Lipinski definition) is 3. The Morgan fingerprint density at radius 1 is 1.41 bits per heavy atom. The van der Waals surface area contributed by atoms with Crippen molar-refractivity contribution in [2.75, 3.05) is 11.9 Å². The normalized spacial score (nSPS) is 16.9. The molecule has 1 aliphatic carbocycles. The Labute approximate surface area is 135 Å². The minimum atomic E-state index is -0.0285. The lowest BCUT2D eigenvalue weighted by atomic mass is 9.88. The molecule has 3 rings (SSSR count). The number of amides is 1. The molecule has 1 aromatic carbocycles. The smallest absolute Gasteiger partial charge is 0.256 e. The van der Waals surface area contributed by atoms with Gasteiger partial charge in [0.15, 0.2) is 0 Å². The molecule has 116 valence electrons. The van der Waals surface area contributed by atoms with Crippen molar-refractivity contribution in [2.45, 2.75) is 33.1 Å². The molecule has 0 bridgehead atoms. The fraction of sp³-hybridized carbons (Fsp3) is 0.389. The SMILES string of the molecule is CCOc1ccccc1NC(=O)c1csc2c1CCC(C)C2. The summed E-state index contributed by atoms with van der Waals surface area (Å²) in [5.41, 5.74) is 2.81. The highest BCUT2D eigenvalue weighted by molar-refractivity contribution is 7.10. The van der Waals surface area contributed by atoms with Crippen LogP contribution in [-0.4, -0.2) is 12.5 Å². The van der Waals surface area contributed by atoms with Crippen molar-refractivity contribution in [1.29, 1.82) is 0 Å². The monoisotopic (exact) mass is 315 g/mol. The van der Waals surface area contributed by atoms with Crippen molar-refractivity contribution >= 4 is 22.9 Å². The quantitative estimate of drug-likeness (QED) is 0.900. The largest absolute Gasteiger partial charge is 0.492 e. The van der Waals surface area contributed by atoms with Gasteiger partial charge < -0.3 is 10.1 Å². The number of rotatable bonds is 4. The van der Waals surface area contributed by atoms with Crippen molar-refractivity contribution in [1.82, 2.24) is 0 Å². The maximum absolute atomic E-state index is 12.6. The molecule has 1 amide bonds. The molecule has 0 radical (unpaired) electrons. The van der Waals surface area contributed by atoms with Gasteiger partial charge in [-0.15, -0.1) is 11.3 Å². The molecule has 22 heavy (non-hydrogen) atoms. The van der Waals surface area contributed by atoms with E-state index in [0.717, 1.165) is 35.8 Å². The molecule has 0 spiro atoms. The van der Waals surface area contributed by atoms with E-state index in [4.69, 9.17) is 4.74 Å². The summed E-state index contributed by atoms with van der Waals surface area (Å²) in [7, 11) is 0. The van der Waals surface area contributed by atoms with Gasteiger partial charge in [-0.2, -0.15) is 0 Å². The maximum Gasteiger partial charge on any atom is 0.256 e. The molecule has 1 unspecified atom stereocenters. The Bertz CT molecular complexity index is 677. The van der Waals surface area contributed by atoms with E-state index in [1.807, 2.05) is 36.6 Å². The molecule has 1 N–H and O–H groups in total. The predicted molar refractivity (Wildman–Crippen MR) is 91.1 cm³/mol. The Hall–Kier alpha value is -1.81. The van der Waals surface area contributed by atoms with Crippen LogP contribution in [-0.2, 0) is 12.8 Å². The molecule has 1 aliphatic rings. The Morgan fingerprint density at radius 2 is 2.23 bits per heavy atom. The summed E-state index contributed by atoms with van der Waals surface area (Å²) in [6.45, 7) is 4.80. The van der Waals surface area contributed by atoms with Crippen LogP contribution in [0.25, 0.3) is 0 Å². The van der Waals surface area contributed by atoms with E-state index in [2.05, 4.69) is 12.2 Å². The van der Waals surface area contributed by atoms with Gasteiger partial charge in [-0.1, -0.05) is 19.1 Å². The Morgan fingerprint density at radius 3 is 3.05 bits per heavy atom. The summed E-state index contributed by atoms with van der Waals surface area (Å²) >= 11 is 1.72. The summed E-state index contributed by atoms with van der Waals surface area (Å²) in [6.07, 6.45) is 3.28. The van der Waals surface area contributed by atoms with Crippen LogP contribution in [0.4, 0.5) is 5.69 Å². The van der Waals surface area contributed by atoms with E-state index >= 15 is 0 Å². The highest BCUT2D eigenvalue weighted by Crippen LogP contribution is 2.33. The number of fused-ring (bicyclic) bond motifs is 1. The first-order valence-corrected chi connectivity index (χ1v) is 8.69. The van der Waals surface area contributed by atoms with Gasteiger partial charge in [0.25, 0.3) is 5.91 Å². The van der Waals surface area contributed by atoms with Crippen LogP contribution in [0.1, 0.15) is 41.1 Å². The third-order valence-electron chi connectivity index (χ3n) is 4.08. The Kier molecular flexibility index (Phi) is 4.48. The van der Waals surface area contributed by atoms with Gasteiger partial charge in [0.05, 0.1) is 17.9 Å². The number of anilines is 1. The van der Waals surface area contributed by atoms with Gasteiger partial charge in [0.2, 0.25) is 0 Å². The first-order chi connectivity index (χ1) is 10.7. The van der Waals surface area contributed by atoms with E-state index in [9.17, 15) is 4.79 Å². The van der Waals surface area contributed by atoms with Crippen LogP contribution < -0.4 is 10.1 Å². The molecule has 0 saturated heterocycles. The van der Waals surface area contributed by atoms with E-state index in [0.29, 0.717) is 6.61 Å². The number of thiophene rings is 1. The van der Waals surface area contributed by atoms with E-state index in [1.54, 1.807) is 11.3 Å². The van der Waals surface area contributed by atoms with Crippen LogP contribution in [0.15, 0.2) is 29.6 Å². The standard InChI is InChI=1S/C18H21NO2S/c1-3-21-16-7-5-4-6-15(16)19-18(20)14-11-22-17-10-12(2)8-9-13(14)17/h4-7,11-12H,3,8-10H2,1-2H3,(H,19,20). The second-order valence-electron chi connectivity index (χ2n) is 5.78. The van der Waals surface area contributed by atoms with E-state index in [1.165, 1.54) is 16.9 Å². The second kappa shape index (κ2) is 6.53. The van der Waals surface area contributed by atoms with Crippen LogP contribution in [0.3, 0.4) is 0 Å². The average molecular weight is 315 g/mol. The first-order valence-electron chi connectivity index (χ1n) is 7.81. The highest BCUT2D eigenvalue weighted by Gasteiger charge is 2.23. The lowest BCUT2D eigenvalue weighted by molar-refractivity contribution is 0.102. The van der Waals surface area contributed by atoms with Gasteiger partial charge in [0, 0.05) is 10.3 Å². The topological polar surface area (TPSA) is 38.3 Å². The zero-order chi connectivity index (χ0) is 15.5. The summed E-state index contributed by atoms with van der Waals surface area (Å²) in [5, 5.41) is 5.00. The van der Waals surface area contributed by atoms with E-state index in [-0.39, 0.29) is 5.91 Å². The molecule has 1 atom stereocenters. The number of hydrogen-bond donors (Lipinski definition) is 1. The third-order valence-corrected chi connectivity index (χ3v) is 5.13. The molecule has 2 aromatic rings. The summed E-state index contributed by atoms with van der Waals surface area (Å²) < 4.78 is 5.57. The lowest BCUT2D eigenvalue weighted by Gasteiger charge is -2.19. The number of ether oxygens (including phenoxy) is 1. The second-order valence-corrected chi connectivity index (χ2v) is 6.75. The van der Waals surface area contributed by atoms with Gasteiger partial charge in [-0.3, -0.25) is 4.79 Å². The van der Waals surface area contributed by atoms with Crippen molar-refractivity contribution in [3.05, 3.63) is 45.6 Å². The first kappa shape index (κ1) is 15.1. The van der Waals surface area contributed by atoms with Crippen LogP contribution in [0.5, 0.6) is 5.75 Å². The van der Waals surface area contributed by atoms with Crippen molar-refractivity contribution < 1.29 is 9.53 Å². The van der Waals surface area contributed by atoms with E-state index < -0.39 is 0 Å². The molecular weight excluding hydrogens is 294 g/mol. The summed E-state index contributed by atoms with van der Waals surface area (Å²) in [4.78, 5) is 14.0. The zero-order valence-corrected chi connectivity index (χ0v) is 13.8. The van der Waals surface area contributed by atoms with Crippen LogP contribution in [0.2, 0.25) is 0 Å². The number of benzene rings is 1. The molecule has 0 aliphatic heterocycles. The molecule has 4 heteroatoms. The average Bonchev–Trinajstić information content (AvgIpc) is 2.92. The predicted octanol–water partition coefficient (Wildman–Crippen LogP) is 4.52.